The fourth-order valence-electron chi connectivity index (χ4n) is 0.207. The molecule has 0 aliphatic carbocycles. The van der Waals surface area contributed by atoms with Crippen LogP contribution in [0.3, 0.4) is 0 Å². The Morgan fingerprint density at radius 1 is 1.75 bits per heavy atom. The maximum absolute atomic E-state index is 4.90. The summed E-state index contributed by atoms with van der Waals surface area (Å²) >= 11 is 0. The van der Waals surface area contributed by atoms with Gasteiger partial charge in [-0.05, 0) is 6.92 Å². The summed E-state index contributed by atoms with van der Waals surface area (Å²) in [5, 5.41) is 0. The average Bonchev–Trinajstić information content (AvgIpc) is 1.81. The molecule has 0 saturated heterocycles. The minimum atomic E-state index is 0.414. The van der Waals surface area contributed by atoms with Crippen LogP contribution < -0.4 is 0 Å². The molecule has 0 aromatic carbocycles. The summed E-state index contributed by atoms with van der Waals surface area (Å²) < 4.78 is 0. The van der Waals surface area contributed by atoms with Crippen molar-refractivity contribution in [1.29, 1.82) is 0 Å². The molecule has 0 atom stereocenters. The van der Waals surface area contributed by atoms with Crippen molar-refractivity contribution in [3.05, 3.63) is 0 Å². The first kappa shape index (κ1) is 6.90. The Bertz CT molecular complexity index is 128. The van der Waals surface area contributed by atoms with E-state index in [0.29, 0.717) is 6.54 Å². The monoisotopic (exact) mass is 108 g/mol. The van der Waals surface area contributed by atoms with Gasteiger partial charge in [-0.15, -0.1) is 6.42 Å². The van der Waals surface area contributed by atoms with Crippen molar-refractivity contribution >= 4 is 12.6 Å². The molecular weight excluding hydrogens is 100 g/mol. The molecule has 0 rings (SSSR count). The summed E-state index contributed by atoms with van der Waals surface area (Å²) in [6.45, 7) is 2.24. The Morgan fingerprint density at radius 2 is 2.50 bits per heavy atom. The van der Waals surface area contributed by atoms with Crippen LogP contribution >= 0.6 is 0 Å². The molecule has 0 bridgehead atoms. The summed E-state index contributed by atoms with van der Waals surface area (Å²) in [6.07, 6.45) is 7.99. The van der Waals surface area contributed by atoms with E-state index in [1.54, 1.807) is 6.21 Å². The van der Waals surface area contributed by atoms with Gasteiger partial charge in [-0.3, -0.25) is 4.99 Å². The molecular formula is C6H8N2. The summed E-state index contributed by atoms with van der Waals surface area (Å²) in [7, 11) is 0. The number of hydrogen-bond donors (Lipinski definition) is 0. The Labute approximate surface area is 49.4 Å². The fourth-order valence-corrected chi connectivity index (χ4v) is 0.207. The molecule has 0 aromatic heterocycles. The Morgan fingerprint density at radius 3 is 3.00 bits per heavy atom. The molecule has 2 nitrogen and oxygen atoms in total. The molecule has 0 saturated carbocycles. The second kappa shape index (κ2) is 5.90. The van der Waals surface area contributed by atoms with Crippen molar-refractivity contribution in [3.63, 3.8) is 0 Å². The number of rotatable bonds is 2. The van der Waals surface area contributed by atoms with Crippen LogP contribution in [0.15, 0.2) is 9.98 Å². The van der Waals surface area contributed by atoms with Crippen molar-refractivity contribution in [2.45, 2.75) is 6.92 Å². The van der Waals surface area contributed by atoms with Crippen LogP contribution in [0.25, 0.3) is 0 Å². The highest BCUT2D eigenvalue weighted by Crippen LogP contribution is 1.62. The van der Waals surface area contributed by atoms with Crippen LogP contribution in [0.2, 0.25) is 0 Å². The van der Waals surface area contributed by atoms with E-state index in [2.05, 4.69) is 15.9 Å². The lowest BCUT2D eigenvalue weighted by molar-refractivity contribution is 1.29. The van der Waals surface area contributed by atoms with Gasteiger partial charge in [0.15, 0.2) is 0 Å². The van der Waals surface area contributed by atoms with Crippen LogP contribution in [0.1, 0.15) is 6.92 Å². The first-order valence-corrected chi connectivity index (χ1v) is 2.31. The zero-order valence-corrected chi connectivity index (χ0v) is 4.83. The molecule has 0 aromatic rings. The Hall–Kier alpha value is -1.10. The molecule has 0 heterocycles. The van der Waals surface area contributed by atoms with Gasteiger partial charge in [0, 0.05) is 6.21 Å². The van der Waals surface area contributed by atoms with Gasteiger partial charge in [0.1, 0.15) is 12.9 Å². The maximum atomic E-state index is 4.90. The molecule has 0 aliphatic heterocycles. The first-order chi connectivity index (χ1) is 3.91. The lowest BCUT2D eigenvalue weighted by Crippen LogP contribution is -1.71. The fraction of sp³-hybridized carbons (Fsp3) is 0.333. The lowest BCUT2D eigenvalue weighted by atomic mass is 10.7. The third kappa shape index (κ3) is 4.90. The normalized spacial score (nSPS) is 10.5. The Balaban J connectivity index is 3.24. The van der Waals surface area contributed by atoms with E-state index in [1.807, 2.05) is 6.92 Å². The first-order valence-electron chi connectivity index (χ1n) is 2.31. The van der Waals surface area contributed by atoms with E-state index in [4.69, 9.17) is 6.42 Å². The van der Waals surface area contributed by atoms with Crippen LogP contribution in [-0.2, 0) is 0 Å². The van der Waals surface area contributed by atoms with E-state index in [9.17, 15) is 0 Å². The number of nitrogens with zero attached hydrogens (tertiary/aromatic N) is 2. The molecule has 2 heteroatoms. The van der Waals surface area contributed by atoms with Crippen LogP contribution in [0, 0.1) is 12.3 Å². The molecule has 0 N–H and O–H groups in total. The molecule has 0 radical (unpaired) electrons. The lowest BCUT2D eigenvalue weighted by Gasteiger charge is -1.72. The highest BCUT2D eigenvalue weighted by molar-refractivity contribution is 5.70. The van der Waals surface area contributed by atoms with Gasteiger partial charge in [0.2, 0.25) is 0 Å². The van der Waals surface area contributed by atoms with Gasteiger partial charge in [0.05, 0.1) is 0 Å². The SMILES string of the molecule is C#CCN=CN=CC. The third-order valence-electron chi connectivity index (χ3n) is 0.480. The van der Waals surface area contributed by atoms with Crippen LogP contribution in [-0.4, -0.2) is 19.1 Å². The predicted octanol–water partition coefficient (Wildman–Crippen LogP) is 0.739. The van der Waals surface area contributed by atoms with Crippen LogP contribution in [0.5, 0.6) is 0 Å². The van der Waals surface area contributed by atoms with Crippen LogP contribution in [0.4, 0.5) is 0 Å². The summed E-state index contributed by atoms with van der Waals surface area (Å²) in [5.41, 5.74) is 0. The molecule has 0 unspecified atom stereocenters. The number of terminal acetylenes is 1. The van der Waals surface area contributed by atoms with Gasteiger partial charge in [-0.1, -0.05) is 5.92 Å². The summed E-state index contributed by atoms with van der Waals surface area (Å²) in [4.78, 5) is 7.42. The van der Waals surface area contributed by atoms with E-state index >= 15 is 0 Å². The zero-order valence-electron chi connectivity index (χ0n) is 4.83. The third-order valence-corrected chi connectivity index (χ3v) is 0.480. The standard InChI is InChI=1S/C6H8N2/c1-3-5-8-6-7-4-2/h1,4,6H,5H2,2H3. The molecule has 0 amide bonds. The topological polar surface area (TPSA) is 24.7 Å². The molecule has 0 spiro atoms. The van der Waals surface area contributed by atoms with Gasteiger partial charge in [-0.25, -0.2) is 4.99 Å². The van der Waals surface area contributed by atoms with E-state index < -0.39 is 0 Å². The molecule has 0 aliphatic rings. The van der Waals surface area contributed by atoms with Gasteiger partial charge < -0.3 is 0 Å². The van der Waals surface area contributed by atoms with Gasteiger partial charge in [0.25, 0.3) is 0 Å². The van der Waals surface area contributed by atoms with Crippen molar-refractivity contribution < 1.29 is 0 Å². The summed E-state index contributed by atoms with van der Waals surface area (Å²) in [6, 6.07) is 0. The van der Waals surface area contributed by atoms with E-state index in [-0.39, 0.29) is 0 Å². The largest absolute Gasteiger partial charge is 0.261 e. The van der Waals surface area contributed by atoms with Crippen molar-refractivity contribution in [3.8, 4) is 12.3 Å². The second-order valence-corrected chi connectivity index (χ2v) is 1.07. The average molecular weight is 108 g/mol. The minimum absolute atomic E-state index is 0.414. The van der Waals surface area contributed by atoms with Gasteiger partial charge in [-0.2, -0.15) is 0 Å². The zero-order chi connectivity index (χ0) is 6.24. The molecule has 0 fully saturated rings. The highest BCUT2D eigenvalue weighted by atomic mass is 14.8. The predicted molar refractivity (Wildman–Crippen MR) is 36.4 cm³/mol. The maximum Gasteiger partial charge on any atom is 0.110 e. The Kier molecular flexibility index (Phi) is 5.09. The van der Waals surface area contributed by atoms with E-state index in [1.165, 1.54) is 6.34 Å². The van der Waals surface area contributed by atoms with Gasteiger partial charge >= 0.3 is 0 Å². The molecule has 42 valence electrons. The minimum Gasteiger partial charge on any atom is -0.261 e. The summed E-state index contributed by atoms with van der Waals surface area (Å²) in [5.74, 6) is 2.35. The van der Waals surface area contributed by atoms with E-state index in [0.717, 1.165) is 0 Å². The highest BCUT2D eigenvalue weighted by Gasteiger charge is 1.61. The van der Waals surface area contributed by atoms with Crippen molar-refractivity contribution in [2.24, 2.45) is 9.98 Å². The van der Waals surface area contributed by atoms with Crippen molar-refractivity contribution in [2.75, 3.05) is 6.54 Å². The molecule has 8 heavy (non-hydrogen) atoms. The smallest absolute Gasteiger partial charge is 0.110 e. The second-order valence-electron chi connectivity index (χ2n) is 1.07. The number of aliphatic imine (C=N–C) groups is 2. The van der Waals surface area contributed by atoms with Crippen molar-refractivity contribution in [1.82, 2.24) is 0 Å². The quantitative estimate of drug-likeness (QED) is 0.283. The number of hydrogen-bond acceptors (Lipinski definition) is 1.